The van der Waals surface area contributed by atoms with Crippen LogP contribution in [-0.4, -0.2) is 73.3 Å². The largest absolute Gasteiger partial charge is 0.511 e. The molecular weight excluding hydrogens is 480 g/mol. The summed E-state index contributed by atoms with van der Waals surface area (Å²) in [6, 6.07) is 0. The summed E-state index contributed by atoms with van der Waals surface area (Å²) in [5.41, 5.74) is 0.703. The number of alkyl halides is 3. The SMILES string of the molecule is I.NC(=NCC1CCN(S(=O)(=O)C(F)(F)F)CC1)N1CCSCC1. The second kappa shape index (κ2) is 9.12. The summed E-state index contributed by atoms with van der Waals surface area (Å²) < 4.78 is 60.7. The fraction of sp³-hybridized carbons (Fsp3) is 0.917. The average molecular weight is 502 g/mol. The summed E-state index contributed by atoms with van der Waals surface area (Å²) in [5, 5.41) is 0. The molecule has 142 valence electrons. The number of nitrogens with zero attached hydrogens (tertiary/aromatic N) is 3. The molecule has 0 aromatic rings. The first-order valence-corrected chi connectivity index (χ1v) is 10.0. The van der Waals surface area contributed by atoms with Gasteiger partial charge in [0.2, 0.25) is 0 Å². The maximum atomic E-state index is 12.5. The standard InChI is InChI=1S/C12H21F3N4O2S2.HI/c13-12(14,15)23(20,21)19-3-1-10(2-4-19)9-17-11(16)18-5-7-22-8-6-18;/h10H,1-9H2,(H2,16,17);1H. The van der Waals surface area contributed by atoms with Crippen LogP contribution in [0.25, 0.3) is 0 Å². The Kier molecular flexibility index (Phi) is 8.40. The summed E-state index contributed by atoms with van der Waals surface area (Å²) in [6.07, 6.45) is 0.726. The molecule has 2 fully saturated rings. The highest BCUT2D eigenvalue weighted by molar-refractivity contribution is 14.0. The monoisotopic (exact) mass is 502 g/mol. The smallest absolute Gasteiger partial charge is 0.370 e. The molecule has 0 bridgehead atoms. The molecule has 0 spiro atoms. The Balaban J connectivity index is 0.00000288. The lowest BCUT2D eigenvalue weighted by Gasteiger charge is -2.31. The topological polar surface area (TPSA) is 79.0 Å². The number of thioether (sulfide) groups is 1. The molecule has 2 saturated heterocycles. The van der Waals surface area contributed by atoms with Crippen molar-refractivity contribution in [3.8, 4) is 0 Å². The number of sulfonamides is 1. The van der Waals surface area contributed by atoms with Gasteiger partial charge >= 0.3 is 15.5 Å². The van der Waals surface area contributed by atoms with Crippen LogP contribution >= 0.6 is 35.7 Å². The number of guanidine groups is 1. The highest BCUT2D eigenvalue weighted by Crippen LogP contribution is 2.30. The van der Waals surface area contributed by atoms with E-state index in [1.807, 2.05) is 16.7 Å². The third-order valence-corrected chi connectivity index (χ3v) is 6.62. The van der Waals surface area contributed by atoms with Crippen molar-refractivity contribution in [2.75, 3.05) is 44.2 Å². The van der Waals surface area contributed by atoms with Crippen LogP contribution in [0, 0.1) is 5.92 Å². The molecule has 0 aromatic heterocycles. The molecule has 0 aromatic carbocycles. The van der Waals surface area contributed by atoms with Gasteiger partial charge in [-0.2, -0.15) is 29.2 Å². The maximum Gasteiger partial charge on any atom is 0.511 e. The minimum Gasteiger partial charge on any atom is -0.370 e. The van der Waals surface area contributed by atoms with E-state index in [9.17, 15) is 21.6 Å². The fourth-order valence-corrected chi connectivity index (χ4v) is 4.48. The van der Waals surface area contributed by atoms with Crippen molar-refractivity contribution in [2.24, 2.45) is 16.6 Å². The van der Waals surface area contributed by atoms with Gasteiger partial charge in [-0.05, 0) is 18.8 Å². The van der Waals surface area contributed by atoms with Gasteiger partial charge in [0, 0.05) is 44.2 Å². The lowest BCUT2D eigenvalue weighted by molar-refractivity contribution is -0.0496. The number of hydrogen-bond donors (Lipinski definition) is 1. The molecule has 0 unspecified atom stereocenters. The van der Waals surface area contributed by atoms with Crippen LogP contribution < -0.4 is 5.73 Å². The summed E-state index contributed by atoms with van der Waals surface area (Å²) >= 11 is 1.86. The van der Waals surface area contributed by atoms with Crippen LogP contribution in [0.2, 0.25) is 0 Å². The van der Waals surface area contributed by atoms with Gasteiger partial charge in [-0.15, -0.1) is 24.0 Å². The molecule has 6 nitrogen and oxygen atoms in total. The normalized spacial score (nSPS) is 22.3. The van der Waals surface area contributed by atoms with Crippen LogP contribution in [0.1, 0.15) is 12.8 Å². The van der Waals surface area contributed by atoms with Crippen molar-refractivity contribution in [1.82, 2.24) is 9.21 Å². The van der Waals surface area contributed by atoms with E-state index in [1.165, 1.54) is 0 Å². The molecule has 12 heteroatoms. The maximum absolute atomic E-state index is 12.5. The van der Waals surface area contributed by atoms with Crippen LogP contribution in [-0.2, 0) is 10.0 Å². The molecule has 0 amide bonds. The quantitative estimate of drug-likeness (QED) is 0.360. The molecule has 2 N–H and O–H groups in total. The molecule has 2 heterocycles. The molecule has 0 aliphatic carbocycles. The molecule has 2 aliphatic rings. The number of piperidine rings is 1. The van der Waals surface area contributed by atoms with E-state index >= 15 is 0 Å². The predicted molar refractivity (Wildman–Crippen MR) is 100 cm³/mol. The number of rotatable bonds is 3. The Labute approximate surface area is 161 Å². The van der Waals surface area contributed by atoms with Gasteiger partial charge < -0.3 is 10.6 Å². The fourth-order valence-electron chi connectivity index (χ4n) is 2.59. The van der Waals surface area contributed by atoms with Gasteiger partial charge in [0.1, 0.15) is 0 Å². The average Bonchev–Trinajstić information content (AvgIpc) is 2.53. The van der Waals surface area contributed by atoms with Crippen molar-refractivity contribution in [1.29, 1.82) is 0 Å². The zero-order valence-electron chi connectivity index (χ0n) is 13.0. The summed E-state index contributed by atoms with van der Waals surface area (Å²) in [4.78, 5) is 6.33. The summed E-state index contributed by atoms with van der Waals surface area (Å²) in [6.45, 7) is 1.88. The van der Waals surface area contributed by atoms with Gasteiger partial charge in [0.15, 0.2) is 5.96 Å². The van der Waals surface area contributed by atoms with Crippen molar-refractivity contribution >= 4 is 51.7 Å². The number of hydrogen-bond acceptors (Lipinski definition) is 4. The van der Waals surface area contributed by atoms with Crippen LogP contribution in [0.5, 0.6) is 0 Å². The molecule has 2 rings (SSSR count). The Hall–Kier alpha value is 0.0500. The minimum absolute atomic E-state index is 0. The molecule has 24 heavy (non-hydrogen) atoms. The summed E-state index contributed by atoms with van der Waals surface area (Å²) in [5.74, 6) is 2.54. The number of nitrogens with two attached hydrogens (primary N) is 1. The number of aliphatic imine (C=N–C) groups is 1. The molecule has 2 aliphatic heterocycles. The molecule has 0 atom stereocenters. The predicted octanol–water partition coefficient (Wildman–Crippen LogP) is 1.53. The minimum atomic E-state index is -5.23. The van der Waals surface area contributed by atoms with Gasteiger partial charge in [-0.3, -0.25) is 4.99 Å². The van der Waals surface area contributed by atoms with Gasteiger partial charge in [0.25, 0.3) is 0 Å². The Morgan fingerprint density at radius 2 is 1.71 bits per heavy atom. The van der Waals surface area contributed by atoms with E-state index in [2.05, 4.69) is 4.99 Å². The zero-order valence-corrected chi connectivity index (χ0v) is 17.0. The molecular formula is C12H22F3IN4O2S2. The van der Waals surface area contributed by atoms with Gasteiger partial charge in [-0.25, -0.2) is 8.42 Å². The van der Waals surface area contributed by atoms with Crippen molar-refractivity contribution in [2.45, 2.75) is 18.3 Å². The third-order valence-electron chi connectivity index (χ3n) is 4.05. The lowest BCUT2D eigenvalue weighted by atomic mass is 9.98. The van der Waals surface area contributed by atoms with E-state index in [0.29, 0.717) is 29.7 Å². The van der Waals surface area contributed by atoms with Crippen molar-refractivity contribution in [3.63, 3.8) is 0 Å². The molecule has 0 saturated carbocycles. The second-order valence-corrected chi connectivity index (χ2v) is 8.75. The van der Waals surface area contributed by atoms with Crippen LogP contribution in [0.15, 0.2) is 4.99 Å². The van der Waals surface area contributed by atoms with E-state index in [4.69, 9.17) is 5.73 Å². The lowest BCUT2D eigenvalue weighted by Crippen LogP contribution is -2.45. The van der Waals surface area contributed by atoms with E-state index in [0.717, 1.165) is 24.6 Å². The van der Waals surface area contributed by atoms with Crippen LogP contribution in [0.4, 0.5) is 13.2 Å². The first-order valence-electron chi connectivity index (χ1n) is 7.41. The highest BCUT2D eigenvalue weighted by atomic mass is 127. The third kappa shape index (κ3) is 5.53. The van der Waals surface area contributed by atoms with Crippen LogP contribution in [0.3, 0.4) is 0 Å². The Bertz CT molecular complexity index is 531. The molecule has 0 radical (unpaired) electrons. The Morgan fingerprint density at radius 3 is 2.21 bits per heavy atom. The number of halogens is 4. The zero-order chi connectivity index (χ0) is 17.1. The second-order valence-electron chi connectivity index (χ2n) is 5.59. The Morgan fingerprint density at radius 1 is 1.17 bits per heavy atom. The van der Waals surface area contributed by atoms with E-state index in [1.54, 1.807) is 0 Å². The first-order chi connectivity index (χ1) is 10.7. The van der Waals surface area contributed by atoms with Gasteiger partial charge in [0.05, 0.1) is 0 Å². The van der Waals surface area contributed by atoms with Gasteiger partial charge in [-0.1, -0.05) is 0 Å². The van der Waals surface area contributed by atoms with E-state index in [-0.39, 0.29) is 43.0 Å². The first kappa shape index (κ1) is 22.1. The highest BCUT2D eigenvalue weighted by Gasteiger charge is 2.50. The van der Waals surface area contributed by atoms with E-state index < -0.39 is 15.5 Å². The van der Waals surface area contributed by atoms with Crippen molar-refractivity contribution < 1.29 is 21.6 Å². The van der Waals surface area contributed by atoms with Crippen molar-refractivity contribution in [3.05, 3.63) is 0 Å². The summed E-state index contributed by atoms with van der Waals surface area (Å²) in [7, 11) is -5.21.